The summed E-state index contributed by atoms with van der Waals surface area (Å²) in [6.07, 6.45) is 0.0413. The molecule has 0 aromatic heterocycles. The minimum Gasteiger partial charge on any atom is -0.378 e. The summed E-state index contributed by atoms with van der Waals surface area (Å²) in [5, 5.41) is 2.96. The maximum Gasteiger partial charge on any atom is 0.262 e. The van der Waals surface area contributed by atoms with Gasteiger partial charge < -0.3 is 11.1 Å². The molecule has 0 radical (unpaired) electrons. The Hall–Kier alpha value is -1.53. The third-order valence-electron chi connectivity index (χ3n) is 2.60. The van der Waals surface area contributed by atoms with Gasteiger partial charge in [0.2, 0.25) is 5.91 Å². The second-order valence-corrected chi connectivity index (χ2v) is 5.77. The molecular formula is C12H12ClN3O2S. The van der Waals surface area contributed by atoms with Crippen LogP contribution in [-0.4, -0.2) is 22.2 Å². The molecular weight excluding hydrogens is 286 g/mol. The molecule has 2 amide bonds. The number of benzene rings is 1. The molecule has 0 unspecified atom stereocenters. The third-order valence-corrected chi connectivity index (χ3v) is 3.82. The molecule has 0 saturated heterocycles. The highest BCUT2D eigenvalue weighted by molar-refractivity contribution is 8.15. The van der Waals surface area contributed by atoms with Crippen LogP contribution in [0.2, 0.25) is 5.02 Å². The Morgan fingerprint density at radius 3 is 2.95 bits per heavy atom. The zero-order valence-electron chi connectivity index (χ0n) is 10.1. The highest BCUT2D eigenvalue weighted by atomic mass is 35.5. The van der Waals surface area contributed by atoms with E-state index in [1.54, 1.807) is 12.1 Å². The van der Waals surface area contributed by atoms with Crippen molar-refractivity contribution in [2.24, 2.45) is 10.7 Å². The van der Waals surface area contributed by atoms with E-state index in [0.717, 1.165) is 17.3 Å². The van der Waals surface area contributed by atoms with Gasteiger partial charge in [-0.1, -0.05) is 29.4 Å². The Morgan fingerprint density at radius 1 is 1.58 bits per heavy atom. The molecule has 1 aromatic rings. The van der Waals surface area contributed by atoms with E-state index in [-0.39, 0.29) is 23.4 Å². The van der Waals surface area contributed by atoms with E-state index < -0.39 is 5.25 Å². The lowest BCUT2D eigenvalue weighted by molar-refractivity contribution is -0.121. The molecule has 7 heteroatoms. The number of nitrogens with one attached hydrogen (secondary N) is 1. The molecule has 1 aromatic carbocycles. The average molecular weight is 298 g/mol. The Bertz CT molecular complexity index is 574. The number of halogens is 1. The molecule has 100 valence electrons. The van der Waals surface area contributed by atoms with Crippen LogP contribution >= 0.6 is 23.4 Å². The molecule has 0 spiro atoms. The molecule has 5 nitrogen and oxygen atoms in total. The fourth-order valence-corrected chi connectivity index (χ4v) is 2.63. The monoisotopic (exact) mass is 297 g/mol. The molecule has 0 bridgehead atoms. The number of nitrogens with zero attached hydrogens (tertiary/aromatic N) is 1. The molecule has 2 rings (SSSR count). The highest BCUT2D eigenvalue weighted by Crippen LogP contribution is 2.24. The van der Waals surface area contributed by atoms with Crippen molar-refractivity contribution in [3.05, 3.63) is 28.8 Å². The van der Waals surface area contributed by atoms with Crippen LogP contribution in [0, 0.1) is 6.92 Å². The first kappa shape index (κ1) is 13.9. The van der Waals surface area contributed by atoms with Crippen LogP contribution in [0.4, 0.5) is 5.69 Å². The first-order valence-electron chi connectivity index (χ1n) is 5.56. The number of hydrogen-bond acceptors (Lipinski definition) is 4. The van der Waals surface area contributed by atoms with Crippen LogP contribution in [0.15, 0.2) is 23.2 Å². The second kappa shape index (κ2) is 5.63. The first-order chi connectivity index (χ1) is 8.95. The van der Waals surface area contributed by atoms with Gasteiger partial charge in [-0.3, -0.25) is 9.59 Å². The van der Waals surface area contributed by atoms with Crippen molar-refractivity contribution in [2.45, 2.75) is 18.6 Å². The lowest BCUT2D eigenvalue weighted by Gasteiger charge is -2.10. The Labute approximate surface area is 119 Å². The molecule has 1 aliphatic rings. The number of nitrogens with two attached hydrogens (primary N) is 1. The van der Waals surface area contributed by atoms with Gasteiger partial charge in [-0.2, -0.15) is 4.99 Å². The largest absolute Gasteiger partial charge is 0.378 e. The second-order valence-electron chi connectivity index (χ2n) is 4.11. The Kier molecular flexibility index (Phi) is 4.11. The van der Waals surface area contributed by atoms with Crippen molar-refractivity contribution >= 4 is 46.0 Å². The number of aryl methyl sites for hydroxylation is 1. The Morgan fingerprint density at radius 2 is 2.32 bits per heavy atom. The van der Waals surface area contributed by atoms with E-state index in [2.05, 4.69) is 10.3 Å². The summed E-state index contributed by atoms with van der Waals surface area (Å²) in [7, 11) is 0. The van der Waals surface area contributed by atoms with Gasteiger partial charge in [-0.05, 0) is 24.6 Å². The summed E-state index contributed by atoms with van der Waals surface area (Å²) < 4.78 is 0. The number of carbonyl (C=O) groups excluding carboxylic acids is 2. The van der Waals surface area contributed by atoms with Crippen molar-refractivity contribution in [3.8, 4) is 0 Å². The summed E-state index contributed by atoms with van der Waals surface area (Å²) in [5.74, 6) is -0.624. The van der Waals surface area contributed by atoms with E-state index in [0.29, 0.717) is 10.7 Å². The zero-order chi connectivity index (χ0) is 14.0. The van der Waals surface area contributed by atoms with Crippen molar-refractivity contribution in [2.75, 3.05) is 5.32 Å². The van der Waals surface area contributed by atoms with Crippen LogP contribution in [0.3, 0.4) is 0 Å². The van der Waals surface area contributed by atoms with Crippen LogP contribution in [0.1, 0.15) is 12.0 Å². The third kappa shape index (κ3) is 3.48. The molecule has 1 atom stereocenters. The maximum atomic E-state index is 11.9. The van der Waals surface area contributed by atoms with Crippen molar-refractivity contribution in [1.82, 2.24) is 0 Å². The van der Waals surface area contributed by atoms with Crippen LogP contribution in [0.25, 0.3) is 0 Å². The van der Waals surface area contributed by atoms with Gasteiger partial charge in [0.25, 0.3) is 5.91 Å². The number of hydrogen-bond donors (Lipinski definition) is 2. The quantitative estimate of drug-likeness (QED) is 0.893. The zero-order valence-corrected chi connectivity index (χ0v) is 11.7. The van der Waals surface area contributed by atoms with Crippen LogP contribution in [-0.2, 0) is 9.59 Å². The normalized spacial score (nSPS) is 18.3. The first-order valence-corrected chi connectivity index (χ1v) is 6.82. The van der Waals surface area contributed by atoms with Gasteiger partial charge in [-0.25, -0.2) is 0 Å². The highest BCUT2D eigenvalue weighted by Gasteiger charge is 2.29. The molecule has 0 fully saturated rings. The number of aliphatic imine (C=N–C) groups is 1. The summed E-state index contributed by atoms with van der Waals surface area (Å²) in [5.41, 5.74) is 6.97. The molecule has 3 N–H and O–H groups in total. The van der Waals surface area contributed by atoms with Crippen molar-refractivity contribution < 1.29 is 9.59 Å². The number of thioether (sulfide) groups is 1. The van der Waals surface area contributed by atoms with Crippen molar-refractivity contribution in [3.63, 3.8) is 0 Å². The van der Waals surface area contributed by atoms with Crippen LogP contribution < -0.4 is 11.1 Å². The van der Waals surface area contributed by atoms with Crippen LogP contribution in [0.5, 0.6) is 0 Å². The minimum atomic E-state index is -0.528. The van der Waals surface area contributed by atoms with Gasteiger partial charge in [0, 0.05) is 17.1 Å². The minimum absolute atomic E-state index is 0.0413. The molecule has 1 heterocycles. The molecule has 1 aliphatic heterocycles. The van der Waals surface area contributed by atoms with E-state index in [4.69, 9.17) is 17.3 Å². The van der Waals surface area contributed by atoms with Gasteiger partial charge in [0.1, 0.15) is 5.25 Å². The standard InChI is InChI=1S/C12H12ClN3O2S/c1-6-2-3-7(13)4-8(6)15-10(17)5-9-11(18)16-12(14)19-9/h2-4,9H,5H2,1H3,(H,15,17)(H2,14,16,18)/t9-/m1/s1. The van der Waals surface area contributed by atoms with Gasteiger partial charge >= 0.3 is 0 Å². The topological polar surface area (TPSA) is 84.6 Å². The Balaban J connectivity index is 1.99. The summed E-state index contributed by atoms with van der Waals surface area (Å²) >= 11 is 6.98. The maximum absolute atomic E-state index is 11.9. The van der Waals surface area contributed by atoms with E-state index >= 15 is 0 Å². The number of anilines is 1. The fourth-order valence-electron chi connectivity index (χ4n) is 1.63. The molecule has 19 heavy (non-hydrogen) atoms. The predicted octanol–water partition coefficient (Wildman–Crippen LogP) is 1.93. The number of rotatable bonds is 3. The lowest BCUT2D eigenvalue weighted by Crippen LogP contribution is -2.22. The SMILES string of the molecule is Cc1ccc(Cl)cc1NC(=O)C[C@H]1SC(N)=NC1=O. The average Bonchev–Trinajstić information content (AvgIpc) is 2.62. The van der Waals surface area contributed by atoms with E-state index in [1.165, 1.54) is 0 Å². The van der Waals surface area contributed by atoms with Gasteiger partial charge in [0.05, 0.1) is 0 Å². The van der Waals surface area contributed by atoms with E-state index in [9.17, 15) is 9.59 Å². The molecule has 0 aliphatic carbocycles. The smallest absolute Gasteiger partial charge is 0.262 e. The predicted molar refractivity (Wildman–Crippen MR) is 77.4 cm³/mol. The number of amides is 2. The van der Waals surface area contributed by atoms with E-state index in [1.807, 2.05) is 13.0 Å². The van der Waals surface area contributed by atoms with Gasteiger partial charge in [-0.15, -0.1) is 0 Å². The summed E-state index contributed by atoms with van der Waals surface area (Å²) in [4.78, 5) is 26.9. The summed E-state index contributed by atoms with van der Waals surface area (Å²) in [6.45, 7) is 1.86. The molecule has 0 saturated carbocycles. The van der Waals surface area contributed by atoms with Crippen molar-refractivity contribution in [1.29, 1.82) is 0 Å². The fraction of sp³-hybridized carbons (Fsp3) is 0.250. The summed E-state index contributed by atoms with van der Waals surface area (Å²) in [6, 6.07) is 5.23. The number of amidine groups is 1. The number of carbonyl (C=O) groups is 2. The van der Waals surface area contributed by atoms with Gasteiger partial charge in [0.15, 0.2) is 5.17 Å². The lowest BCUT2D eigenvalue weighted by atomic mass is 10.2.